The van der Waals surface area contributed by atoms with Gasteiger partial charge in [-0.25, -0.2) is 8.42 Å². The van der Waals surface area contributed by atoms with E-state index in [1.54, 1.807) is 12.1 Å². The van der Waals surface area contributed by atoms with Crippen LogP contribution >= 0.6 is 11.6 Å². The second-order valence-electron chi connectivity index (χ2n) is 5.52. The van der Waals surface area contributed by atoms with Crippen LogP contribution in [0.15, 0.2) is 41.3 Å². The summed E-state index contributed by atoms with van der Waals surface area (Å²) in [6.07, 6.45) is 0.652. The Hall–Kier alpha value is -1.76. The molecule has 5 nitrogen and oxygen atoms in total. The minimum Gasteiger partial charge on any atom is -0.454 e. The predicted molar refractivity (Wildman–Crippen MR) is 85.3 cm³/mol. The second kappa shape index (κ2) is 5.40. The van der Waals surface area contributed by atoms with Gasteiger partial charge >= 0.3 is 0 Å². The number of hydrogen-bond acceptors (Lipinski definition) is 4. The number of rotatable bonds is 2. The molecule has 0 amide bonds. The number of hydrogen-bond donors (Lipinski definition) is 0. The molecule has 0 radical (unpaired) electrons. The van der Waals surface area contributed by atoms with E-state index >= 15 is 0 Å². The van der Waals surface area contributed by atoms with E-state index < -0.39 is 10.0 Å². The number of nitrogens with zero attached hydrogens (tertiary/aromatic N) is 1. The molecule has 2 aliphatic rings. The SMILES string of the molecule is O=S(=O)(c1ccc(Cl)cc1)N1CCc2cc3c(cc2C1)OCO3. The molecule has 0 spiro atoms. The van der Waals surface area contributed by atoms with Crippen molar-refractivity contribution < 1.29 is 17.9 Å². The summed E-state index contributed by atoms with van der Waals surface area (Å²) in [5.41, 5.74) is 2.06. The number of benzene rings is 2. The molecule has 0 saturated carbocycles. The van der Waals surface area contributed by atoms with Crippen LogP contribution in [0.5, 0.6) is 11.5 Å². The molecular weight excluding hydrogens is 338 g/mol. The van der Waals surface area contributed by atoms with Gasteiger partial charge in [-0.05, 0) is 53.9 Å². The Morgan fingerprint density at radius 2 is 1.65 bits per heavy atom. The maximum atomic E-state index is 12.8. The van der Waals surface area contributed by atoms with E-state index in [-0.39, 0.29) is 11.7 Å². The maximum Gasteiger partial charge on any atom is 0.243 e. The molecule has 0 bridgehead atoms. The Kier molecular flexibility index (Phi) is 3.48. The van der Waals surface area contributed by atoms with Crippen molar-refractivity contribution in [2.24, 2.45) is 0 Å². The lowest BCUT2D eigenvalue weighted by Gasteiger charge is -2.28. The standard InChI is InChI=1S/C16H14ClNO4S/c17-13-1-3-14(4-2-13)23(19,20)18-6-5-11-7-15-16(22-10-21-15)8-12(11)9-18/h1-4,7-8H,5-6,9-10H2. The topological polar surface area (TPSA) is 55.8 Å². The smallest absolute Gasteiger partial charge is 0.243 e. The van der Waals surface area contributed by atoms with Crippen LogP contribution in [-0.4, -0.2) is 26.1 Å². The molecule has 23 heavy (non-hydrogen) atoms. The van der Waals surface area contributed by atoms with Crippen molar-refractivity contribution in [1.29, 1.82) is 0 Å². The molecule has 0 aromatic heterocycles. The molecule has 7 heteroatoms. The zero-order valence-corrected chi connectivity index (χ0v) is 13.7. The van der Waals surface area contributed by atoms with E-state index in [0.717, 1.165) is 16.9 Å². The lowest BCUT2D eigenvalue weighted by atomic mass is 10.0. The monoisotopic (exact) mass is 351 g/mol. The van der Waals surface area contributed by atoms with Gasteiger partial charge in [0.05, 0.1) is 4.90 Å². The molecule has 0 aliphatic carbocycles. The molecule has 0 saturated heterocycles. The summed E-state index contributed by atoms with van der Waals surface area (Å²) in [7, 11) is -3.53. The van der Waals surface area contributed by atoms with Crippen molar-refractivity contribution >= 4 is 21.6 Å². The van der Waals surface area contributed by atoms with Crippen LogP contribution in [-0.2, 0) is 23.0 Å². The highest BCUT2D eigenvalue weighted by Crippen LogP contribution is 2.37. The summed E-state index contributed by atoms with van der Waals surface area (Å²) in [5, 5.41) is 0.514. The highest BCUT2D eigenvalue weighted by atomic mass is 35.5. The third-order valence-corrected chi connectivity index (χ3v) is 6.23. The number of sulfonamides is 1. The summed E-state index contributed by atoms with van der Waals surface area (Å²) >= 11 is 5.83. The van der Waals surface area contributed by atoms with Crippen LogP contribution in [0.25, 0.3) is 0 Å². The zero-order chi connectivity index (χ0) is 16.0. The number of halogens is 1. The van der Waals surface area contributed by atoms with E-state index in [0.29, 0.717) is 30.3 Å². The van der Waals surface area contributed by atoms with Crippen LogP contribution in [0.2, 0.25) is 5.02 Å². The normalized spacial score (nSPS) is 17.1. The van der Waals surface area contributed by atoms with Crippen LogP contribution < -0.4 is 9.47 Å². The Morgan fingerprint density at radius 1 is 1.00 bits per heavy atom. The quantitative estimate of drug-likeness (QED) is 0.834. The molecule has 2 aromatic carbocycles. The number of ether oxygens (including phenoxy) is 2. The minimum atomic E-state index is -3.53. The highest BCUT2D eigenvalue weighted by Gasteiger charge is 2.30. The first kappa shape index (κ1) is 14.8. The van der Waals surface area contributed by atoms with E-state index in [4.69, 9.17) is 21.1 Å². The van der Waals surface area contributed by atoms with Gasteiger partial charge in [0, 0.05) is 18.1 Å². The van der Waals surface area contributed by atoms with Crippen LogP contribution in [0.4, 0.5) is 0 Å². The van der Waals surface area contributed by atoms with Gasteiger partial charge in [0.2, 0.25) is 16.8 Å². The average molecular weight is 352 g/mol. The maximum absolute atomic E-state index is 12.8. The zero-order valence-electron chi connectivity index (χ0n) is 12.2. The molecule has 2 heterocycles. The lowest BCUT2D eigenvalue weighted by Crippen LogP contribution is -2.35. The average Bonchev–Trinajstić information content (AvgIpc) is 2.99. The van der Waals surface area contributed by atoms with Crippen molar-refractivity contribution in [2.75, 3.05) is 13.3 Å². The molecule has 0 fully saturated rings. The number of fused-ring (bicyclic) bond motifs is 2. The van der Waals surface area contributed by atoms with E-state index in [2.05, 4.69) is 0 Å². The summed E-state index contributed by atoms with van der Waals surface area (Å²) < 4.78 is 37.8. The van der Waals surface area contributed by atoms with Gasteiger partial charge in [-0.15, -0.1) is 0 Å². The van der Waals surface area contributed by atoms with Crippen molar-refractivity contribution in [1.82, 2.24) is 4.31 Å². The van der Waals surface area contributed by atoms with E-state index in [1.165, 1.54) is 16.4 Å². The predicted octanol–water partition coefficient (Wildman–Crippen LogP) is 2.82. The summed E-state index contributed by atoms with van der Waals surface area (Å²) in [4.78, 5) is 0.256. The van der Waals surface area contributed by atoms with Crippen molar-refractivity contribution in [3.63, 3.8) is 0 Å². The molecule has 0 N–H and O–H groups in total. The Morgan fingerprint density at radius 3 is 2.35 bits per heavy atom. The fourth-order valence-electron chi connectivity index (χ4n) is 2.88. The Balaban J connectivity index is 1.66. The van der Waals surface area contributed by atoms with Gasteiger partial charge in [0.1, 0.15) is 0 Å². The van der Waals surface area contributed by atoms with E-state index in [1.807, 2.05) is 12.1 Å². The third kappa shape index (κ3) is 2.56. The second-order valence-corrected chi connectivity index (χ2v) is 7.89. The molecule has 0 unspecified atom stereocenters. The Bertz CT molecular complexity index is 864. The highest BCUT2D eigenvalue weighted by molar-refractivity contribution is 7.89. The molecular formula is C16H14ClNO4S. The van der Waals surface area contributed by atoms with Crippen molar-refractivity contribution in [3.8, 4) is 11.5 Å². The van der Waals surface area contributed by atoms with Crippen molar-refractivity contribution in [3.05, 3.63) is 52.5 Å². The van der Waals surface area contributed by atoms with Crippen LogP contribution in [0.3, 0.4) is 0 Å². The van der Waals surface area contributed by atoms with Gasteiger partial charge in [0.15, 0.2) is 11.5 Å². The first-order valence-electron chi connectivity index (χ1n) is 7.21. The summed E-state index contributed by atoms with van der Waals surface area (Å²) in [6, 6.07) is 10.1. The van der Waals surface area contributed by atoms with Crippen LogP contribution in [0, 0.1) is 0 Å². The fraction of sp³-hybridized carbons (Fsp3) is 0.250. The molecule has 2 aliphatic heterocycles. The third-order valence-electron chi connectivity index (χ3n) is 4.12. The van der Waals surface area contributed by atoms with E-state index in [9.17, 15) is 8.42 Å². The first-order valence-corrected chi connectivity index (χ1v) is 9.03. The summed E-state index contributed by atoms with van der Waals surface area (Å²) in [6.45, 7) is 0.986. The van der Waals surface area contributed by atoms with Gasteiger partial charge in [-0.1, -0.05) is 11.6 Å². The molecule has 0 atom stereocenters. The van der Waals surface area contributed by atoms with Gasteiger partial charge in [0.25, 0.3) is 0 Å². The lowest BCUT2D eigenvalue weighted by molar-refractivity contribution is 0.174. The van der Waals surface area contributed by atoms with Gasteiger partial charge in [-0.3, -0.25) is 0 Å². The largest absolute Gasteiger partial charge is 0.454 e. The first-order chi connectivity index (χ1) is 11.0. The molecule has 2 aromatic rings. The fourth-order valence-corrected chi connectivity index (χ4v) is 4.43. The van der Waals surface area contributed by atoms with Gasteiger partial charge in [-0.2, -0.15) is 4.31 Å². The van der Waals surface area contributed by atoms with Crippen LogP contribution in [0.1, 0.15) is 11.1 Å². The molecule has 4 rings (SSSR count). The minimum absolute atomic E-state index is 0.213. The summed E-state index contributed by atoms with van der Waals surface area (Å²) in [5.74, 6) is 1.41. The molecule has 120 valence electrons. The van der Waals surface area contributed by atoms with Gasteiger partial charge < -0.3 is 9.47 Å². The van der Waals surface area contributed by atoms with Crippen molar-refractivity contribution in [2.45, 2.75) is 17.9 Å². The Labute approximate surface area is 139 Å².